The predicted molar refractivity (Wildman–Crippen MR) is 67.3 cm³/mol. The summed E-state index contributed by atoms with van der Waals surface area (Å²) in [6.07, 6.45) is 0. The van der Waals surface area contributed by atoms with Crippen LogP contribution < -0.4 is 10.1 Å². The maximum absolute atomic E-state index is 8.82. The van der Waals surface area contributed by atoms with Gasteiger partial charge in [-0.2, -0.15) is 5.26 Å². The predicted octanol–water partition coefficient (Wildman–Crippen LogP) is 2.50. The highest BCUT2D eigenvalue weighted by molar-refractivity contribution is 5.47. The number of fused-ring (bicyclic) bond motifs is 1. The summed E-state index contributed by atoms with van der Waals surface area (Å²) in [5.41, 5.74) is 1.54. The molecule has 0 amide bonds. The molecule has 0 bridgehead atoms. The lowest BCUT2D eigenvalue weighted by atomic mass is 10.1. The first kappa shape index (κ1) is 10.6. The van der Waals surface area contributed by atoms with Crippen LogP contribution in [0, 0.1) is 11.3 Å². The molecule has 1 aromatic carbocycles. The molecular weight excluding hydrogens is 226 g/mol. The number of para-hydroxylation sites is 1. The van der Waals surface area contributed by atoms with Gasteiger partial charge in [0.15, 0.2) is 0 Å². The van der Waals surface area contributed by atoms with Crippen molar-refractivity contribution in [2.45, 2.75) is 6.04 Å². The summed E-state index contributed by atoms with van der Waals surface area (Å²) >= 11 is 0. The number of hydrogen-bond donors (Lipinski definition) is 1. The Hall–Kier alpha value is -2.54. The molecule has 2 aromatic rings. The molecule has 0 fully saturated rings. The summed E-state index contributed by atoms with van der Waals surface area (Å²) in [6, 6.07) is 15.4. The standard InChI is InChI=1S/C14H11N3O/c15-8-10-4-3-7-14(16-10)17-12-9-18-13-6-2-1-5-11(12)13/h1-7,12H,9H2,(H,16,17). The second kappa shape index (κ2) is 4.38. The summed E-state index contributed by atoms with van der Waals surface area (Å²) in [7, 11) is 0. The maximum atomic E-state index is 8.82. The first-order valence-electron chi connectivity index (χ1n) is 5.72. The van der Waals surface area contributed by atoms with Gasteiger partial charge in [-0.05, 0) is 18.2 Å². The van der Waals surface area contributed by atoms with Gasteiger partial charge in [-0.1, -0.05) is 24.3 Å². The quantitative estimate of drug-likeness (QED) is 0.871. The third kappa shape index (κ3) is 1.87. The Kier molecular flexibility index (Phi) is 2.58. The maximum Gasteiger partial charge on any atom is 0.142 e. The second-order valence-corrected chi connectivity index (χ2v) is 4.07. The third-order valence-corrected chi connectivity index (χ3v) is 2.89. The number of rotatable bonds is 2. The molecule has 4 nitrogen and oxygen atoms in total. The fraction of sp³-hybridized carbons (Fsp3) is 0.143. The number of hydrogen-bond acceptors (Lipinski definition) is 4. The van der Waals surface area contributed by atoms with Gasteiger partial charge in [0.25, 0.3) is 0 Å². The number of nitrogens with one attached hydrogen (secondary N) is 1. The van der Waals surface area contributed by atoms with E-state index in [4.69, 9.17) is 10.00 Å². The minimum Gasteiger partial charge on any atom is -0.491 e. The van der Waals surface area contributed by atoms with Crippen LogP contribution in [0.4, 0.5) is 5.82 Å². The number of aromatic nitrogens is 1. The van der Waals surface area contributed by atoms with Crippen molar-refractivity contribution in [2.75, 3.05) is 11.9 Å². The SMILES string of the molecule is N#Cc1cccc(NC2COc3ccccc32)n1. The Bertz CT molecular complexity index is 618. The smallest absolute Gasteiger partial charge is 0.142 e. The van der Waals surface area contributed by atoms with Crippen LogP contribution in [0.1, 0.15) is 17.3 Å². The summed E-state index contributed by atoms with van der Waals surface area (Å²) < 4.78 is 5.58. The fourth-order valence-corrected chi connectivity index (χ4v) is 2.04. The minimum atomic E-state index is 0.0858. The van der Waals surface area contributed by atoms with Crippen molar-refractivity contribution in [3.05, 3.63) is 53.7 Å². The Morgan fingerprint density at radius 1 is 1.22 bits per heavy atom. The molecule has 1 N–H and O–H groups in total. The van der Waals surface area contributed by atoms with E-state index in [1.807, 2.05) is 42.5 Å². The molecule has 0 aliphatic carbocycles. The second-order valence-electron chi connectivity index (χ2n) is 4.07. The largest absolute Gasteiger partial charge is 0.491 e. The Morgan fingerprint density at radius 2 is 2.11 bits per heavy atom. The van der Waals surface area contributed by atoms with Gasteiger partial charge in [-0.15, -0.1) is 0 Å². The molecule has 18 heavy (non-hydrogen) atoms. The molecule has 1 aromatic heterocycles. The van der Waals surface area contributed by atoms with Gasteiger partial charge in [0, 0.05) is 5.56 Å². The van der Waals surface area contributed by atoms with Crippen molar-refractivity contribution >= 4 is 5.82 Å². The van der Waals surface area contributed by atoms with E-state index in [0.29, 0.717) is 18.1 Å². The van der Waals surface area contributed by atoms with Crippen molar-refractivity contribution in [3.63, 3.8) is 0 Å². The van der Waals surface area contributed by atoms with Crippen molar-refractivity contribution in [1.82, 2.24) is 4.98 Å². The highest BCUT2D eigenvalue weighted by Gasteiger charge is 2.23. The highest BCUT2D eigenvalue weighted by Crippen LogP contribution is 2.33. The molecule has 1 aliphatic heterocycles. The zero-order valence-corrected chi connectivity index (χ0v) is 9.63. The van der Waals surface area contributed by atoms with Crippen LogP contribution in [-0.4, -0.2) is 11.6 Å². The van der Waals surface area contributed by atoms with Crippen LogP contribution in [0.2, 0.25) is 0 Å². The lowest BCUT2D eigenvalue weighted by Crippen LogP contribution is -2.13. The topological polar surface area (TPSA) is 57.9 Å². The lowest BCUT2D eigenvalue weighted by molar-refractivity contribution is 0.339. The first-order valence-corrected chi connectivity index (χ1v) is 5.72. The van der Waals surface area contributed by atoms with Gasteiger partial charge in [0.2, 0.25) is 0 Å². The zero-order chi connectivity index (χ0) is 12.4. The van der Waals surface area contributed by atoms with Crippen LogP contribution in [0.5, 0.6) is 5.75 Å². The van der Waals surface area contributed by atoms with Gasteiger partial charge in [0.05, 0.1) is 6.04 Å². The number of anilines is 1. The summed E-state index contributed by atoms with van der Waals surface area (Å²) in [5, 5.41) is 12.1. The van der Waals surface area contributed by atoms with Crippen molar-refractivity contribution in [3.8, 4) is 11.8 Å². The van der Waals surface area contributed by atoms with Gasteiger partial charge in [-0.25, -0.2) is 4.98 Å². The minimum absolute atomic E-state index is 0.0858. The van der Waals surface area contributed by atoms with Gasteiger partial charge < -0.3 is 10.1 Å². The third-order valence-electron chi connectivity index (χ3n) is 2.89. The molecule has 0 radical (unpaired) electrons. The van der Waals surface area contributed by atoms with E-state index < -0.39 is 0 Å². The molecule has 0 spiro atoms. The molecule has 2 heterocycles. The summed E-state index contributed by atoms with van der Waals surface area (Å²) in [5.74, 6) is 1.60. The molecule has 3 rings (SSSR count). The molecule has 0 saturated heterocycles. The molecular formula is C14H11N3O. The van der Waals surface area contributed by atoms with E-state index in [0.717, 1.165) is 11.3 Å². The molecule has 1 unspecified atom stereocenters. The fourth-order valence-electron chi connectivity index (χ4n) is 2.04. The van der Waals surface area contributed by atoms with Crippen LogP contribution in [0.15, 0.2) is 42.5 Å². The lowest BCUT2D eigenvalue weighted by Gasteiger charge is -2.12. The van der Waals surface area contributed by atoms with E-state index in [9.17, 15) is 0 Å². The van der Waals surface area contributed by atoms with E-state index in [2.05, 4.69) is 10.3 Å². The number of nitrogens with zero attached hydrogens (tertiary/aromatic N) is 2. The van der Waals surface area contributed by atoms with E-state index in [-0.39, 0.29) is 6.04 Å². The van der Waals surface area contributed by atoms with E-state index in [1.54, 1.807) is 6.07 Å². The first-order chi connectivity index (χ1) is 8.86. The van der Waals surface area contributed by atoms with Crippen LogP contribution in [0.25, 0.3) is 0 Å². The van der Waals surface area contributed by atoms with Gasteiger partial charge >= 0.3 is 0 Å². The molecule has 0 saturated carbocycles. The highest BCUT2D eigenvalue weighted by atomic mass is 16.5. The van der Waals surface area contributed by atoms with Crippen LogP contribution in [0.3, 0.4) is 0 Å². The normalized spacial score (nSPS) is 16.5. The molecule has 1 atom stereocenters. The average molecular weight is 237 g/mol. The van der Waals surface area contributed by atoms with Crippen molar-refractivity contribution in [2.24, 2.45) is 0 Å². The Morgan fingerprint density at radius 3 is 3.00 bits per heavy atom. The summed E-state index contributed by atoms with van der Waals surface area (Å²) in [6.45, 7) is 0.581. The number of pyridine rings is 1. The number of ether oxygens (including phenoxy) is 1. The van der Waals surface area contributed by atoms with Crippen molar-refractivity contribution in [1.29, 1.82) is 5.26 Å². The molecule has 4 heteroatoms. The molecule has 88 valence electrons. The van der Waals surface area contributed by atoms with Crippen LogP contribution in [-0.2, 0) is 0 Å². The summed E-state index contributed by atoms with van der Waals surface area (Å²) in [4.78, 5) is 4.20. The van der Waals surface area contributed by atoms with Gasteiger partial charge in [-0.3, -0.25) is 0 Å². The number of nitriles is 1. The average Bonchev–Trinajstić information content (AvgIpc) is 2.83. The van der Waals surface area contributed by atoms with E-state index in [1.165, 1.54) is 0 Å². The van der Waals surface area contributed by atoms with Gasteiger partial charge in [0.1, 0.15) is 29.9 Å². The number of benzene rings is 1. The monoisotopic (exact) mass is 237 g/mol. The zero-order valence-electron chi connectivity index (χ0n) is 9.63. The molecule has 1 aliphatic rings. The van der Waals surface area contributed by atoms with Crippen LogP contribution >= 0.6 is 0 Å². The Labute approximate surface area is 105 Å². The van der Waals surface area contributed by atoms with Crippen molar-refractivity contribution < 1.29 is 4.74 Å². The van der Waals surface area contributed by atoms with E-state index >= 15 is 0 Å². The Balaban J connectivity index is 1.84.